The van der Waals surface area contributed by atoms with E-state index in [4.69, 9.17) is 20.9 Å². The molecule has 6 heteroatoms. The Bertz CT molecular complexity index is 1460. The summed E-state index contributed by atoms with van der Waals surface area (Å²) in [7, 11) is 0. The van der Waals surface area contributed by atoms with Crippen molar-refractivity contribution in [1.82, 2.24) is 0 Å². The fourth-order valence-electron chi connectivity index (χ4n) is 11.9. The first-order valence-electron chi connectivity index (χ1n) is 16.9. The van der Waals surface area contributed by atoms with Gasteiger partial charge in [-0.2, -0.15) is 0 Å². The SMILES string of the molecule is Nc1ccc(F)c(Oc2cc(Oc3cc(N)ccc3F)c(C34CC5CC(CC(C5)C3)C4)cc2C23CC4CC(CC(C4)C2)C3)c1. The molecule has 0 radical (unpaired) electrons. The average Bonchev–Trinajstić information content (AvgIpc) is 2.95. The van der Waals surface area contributed by atoms with Crippen LogP contribution in [0.15, 0.2) is 48.5 Å². The Labute approximate surface area is 258 Å². The molecule has 0 aromatic heterocycles. The quantitative estimate of drug-likeness (QED) is 0.278. The molecule has 8 fully saturated rings. The molecular formula is C38H42F2N2O2. The Morgan fingerprint density at radius 3 is 1.16 bits per heavy atom. The van der Waals surface area contributed by atoms with Gasteiger partial charge in [-0.05, 0) is 154 Å². The van der Waals surface area contributed by atoms with Crippen LogP contribution in [0.2, 0.25) is 0 Å². The highest BCUT2D eigenvalue weighted by Gasteiger charge is 2.55. The van der Waals surface area contributed by atoms with Gasteiger partial charge in [0, 0.05) is 40.7 Å². The summed E-state index contributed by atoms with van der Waals surface area (Å²) in [6.07, 6.45) is 14.9. The van der Waals surface area contributed by atoms with E-state index in [0.717, 1.165) is 74.0 Å². The van der Waals surface area contributed by atoms with E-state index in [1.807, 2.05) is 6.07 Å². The molecule has 8 aliphatic carbocycles. The van der Waals surface area contributed by atoms with E-state index in [1.54, 1.807) is 24.3 Å². The predicted octanol–water partition coefficient (Wildman–Crippen LogP) is 9.65. The van der Waals surface area contributed by atoms with E-state index in [9.17, 15) is 0 Å². The summed E-state index contributed by atoms with van der Waals surface area (Å²) >= 11 is 0. The zero-order valence-corrected chi connectivity index (χ0v) is 25.3. The molecule has 230 valence electrons. The lowest BCUT2D eigenvalue weighted by atomic mass is 9.46. The van der Waals surface area contributed by atoms with Crippen molar-refractivity contribution in [2.24, 2.45) is 35.5 Å². The summed E-state index contributed by atoms with van der Waals surface area (Å²) in [5, 5.41) is 0. The maximum atomic E-state index is 15.2. The third-order valence-corrected chi connectivity index (χ3v) is 12.7. The smallest absolute Gasteiger partial charge is 0.165 e. The molecule has 0 saturated heterocycles. The third-order valence-electron chi connectivity index (χ3n) is 12.7. The van der Waals surface area contributed by atoms with Gasteiger partial charge in [-0.15, -0.1) is 0 Å². The zero-order valence-electron chi connectivity index (χ0n) is 25.3. The van der Waals surface area contributed by atoms with E-state index in [-0.39, 0.29) is 22.3 Å². The summed E-state index contributed by atoms with van der Waals surface area (Å²) < 4.78 is 43.5. The lowest BCUT2D eigenvalue weighted by Crippen LogP contribution is -2.50. The molecule has 8 saturated carbocycles. The fourth-order valence-corrected chi connectivity index (χ4v) is 11.9. The van der Waals surface area contributed by atoms with Crippen molar-refractivity contribution >= 4 is 11.4 Å². The van der Waals surface area contributed by atoms with Gasteiger partial charge in [0.25, 0.3) is 0 Å². The molecule has 8 bridgehead atoms. The van der Waals surface area contributed by atoms with Gasteiger partial charge in [-0.1, -0.05) is 0 Å². The highest BCUT2D eigenvalue weighted by Crippen LogP contribution is 2.66. The summed E-state index contributed by atoms with van der Waals surface area (Å²) in [6.45, 7) is 0. The Hall–Kier alpha value is -3.28. The molecule has 4 nitrogen and oxygen atoms in total. The molecule has 0 atom stereocenters. The van der Waals surface area contributed by atoms with Gasteiger partial charge < -0.3 is 20.9 Å². The standard InChI is InChI=1S/C38H42F2N2O2/c39-31-3-1-27(41)11-35(31)43-33-14-34(44-36-12-28(42)2-4-32(36)40)30(38-18-24-8-25(19-38)10-26(9-24)20-38)13-29(33)37-15-21-5-22(16-37)7-23(6-21)17-37/h1-4,11-14,21-26H,5-10,15-20,41-42H2. The minimum absolute atomic E-state index is 0.00111. The van der Waals surface area contributed by atoms with Gasteiger partial charge in [-0.3, -0.25) is 0 Å². The number of hydrogen-bond acceptors (Lipinski definition) is 4. The fraction of sp³-hybridized carbons (Fsp3) is 0.526. The highest BCUT2D eigenvalue weighted by atomic mass is 19.1. The number of nitrogens with two attached hydrogens (primary N) is 2. The Balaban J connectivity index is 1.25. The van der Waals surface area contributed by atoms with Crippen molar-refractivity contribution in [2.75, 3.05) is 11.5 Å². The normalized spacial score (nSPS) is 36.1. The van der Waals surface area contributed by atoms with Crippen molar-refractivity contribution in [2.45, 2.75) is 87.9 Å². The second-order valence-electron chi connectivity index (χ2n) is 15.8. The molecule has 0 aliphatic heterocycles. The number of hydrogen-bond donors (Lipinski definition) is 2. The minimum Gasteiger partial charge on any atom is -0.454 e. The van der Waals surface area contributed by atoms with Crippen molar-refractivity contribution in [3.05, 3.63) is 71.3 Å². The monoisotopic (exact) mass is 596 g/mol. The van der Waals surface area contributed by atoms with Crippen LogP contribution in [0.5, 0.6) is 23.0 Å². The van der Waals surface area contributed by atoms with Crippen molar-refractivity contribution in [1.29, 1.82) is 0 Å². The number of nitrogen functional groups attached to an aromatic ring is 2. The maximum Gasteiger partial charge on any atom is 0.165 e. The largest absolute Gasteiger partial charge is 0.454 e. The maximum absolute atomic E-state index is 15.2. The molecule has 0 unspecified atom stereocenters. The van der Waals surface area contributed by atoms with E-state index < -0.39 is 11.6 Å². The summed E-state index contributed by atoms with van der Waals surface area (Å²) in [5.74, 6) is 4.95. The first kappa shape index (κ1) is 27.1. The van der Waals surface area contributed by atoms with Crippen LogP contribution in [0.3, 0.4) is 0 Å². The van der Waals surface area contributed by atoms with Crippen LogP contribution < -0.4 is 20.9 Å². The van der Waals surface area contributed by atoms with Gasteiger partial charge in [0.2, 0.25) is 0 Å². The van der Waals surface area contributed by atoms with E-state index in [2.05, 4.69) is 6.07 Å². The second-order valence-corrected chi connectivity index (χ2v) is 15.8. The number of rotatable bonds is 6. The van der Waals surface area contributed by atoms with Crippen LogP contribution >= 0.6 is 0 Å². The number of benzene rings is 3. The van der Waals surface area contributed by atoms with Gasteiger partial charge in [0.1, 0.15) is 11.5 Å². The van der Waals surface area contributed by atoms with Crippen LogP contribution in [0.1, 0.15) is 88.2 Å². The van der Waals surface area contributed by atoms with Crippen LogP contribution in [0.25, 0.3) is 0 Å². The van der Waals surface area contributed by atoms with Crippen LogP contribution in [-0.2, 0) is 10.8 Å². The molecule has 4 N–H and O–H groups in total. The van der Waals surface area contributed by atoms with Crippen molar-refractivity contribution < 1.29 is 18.3 Å². The van der Waals surface area contributed by atoms with Gasteiger partial charge in [0.05, 0.1) is 0 Å². The second kappa shape index (κ2) is 9.61. The topological polar surface area (TPSA) is 70.5 Å². The molecular weight excluding hydrogens is 554 g/mol. The lowest BCUT2D eigenvalue weighted by Gasteiger charge is -2.58. The summed E-state index contributed by atoms with van der Waals surface area (Å²) in [6, 6.07) is 13.3. The van der Waals surface area contributed by atoms with Crippen LogP contribution in [0.4, 0.5) is 20.2 Å². The highest BCUT2D eigenvalue weighted by molar-refractivity contribution is 5.58. The third kappa shape index (κ3) is 4.34. The molecule has 0 amide bonds. The molecule has 0 heterocycles. The zero-order chi connectivity index (χ0) is 29.8. The molecule has 3 aromatic rings. The first-order chi connectivity index (χ1) is 21.2. The van der Waals surface area contributed by atoms with Crippen molar-refractivity contribution in [3.63, 3.8) is 0 Å². The van der Waals surface area contributed by atoms with E-state index in [0.29, 0.717) is 22.9 Å². The van der Waals surface area contributed by atoms with Gasteiger partial charge in [0.15, 0.2) is 23.1 Å². The van der Waals surface area contributed by atoms with Gasteiger partial charge >= 0.3 is 0 Å². The van der Waals surface area contributed by atoms with Crippen LogP contribution in [0, 0.1) is 47.1 Å². The Morgan fingerprint density at radius 1 is 0.477 bits per heavy atom. The number of anilines is 2. The molecule has 11 rings (SSSR count). The molecule has 8 aliphatic rings. The molecule has 3 aromatic carbocycles. The summed E-state index contributed by atoms with van der Waals surface area (Å²) in [5.41, 5.74) is 15.5. The van der Waals surface area contributed by atoms with E-state index in [1.165, 1.54) is 61.8 Å². The Morgan fingerprint density at radius 2 is 0.818 bits per heavy atom. The number of ether oxygens (including phenoxy) is 2. The predicted molar refractivity (Wildman–Crippen MR) is 168 cm³/mol. The number of halogens is 2. The van der Waals surface area contributed by atoms with Crippen molar-refractivity contribution in [3.8, 4) is 23.0 Å². The Kier molecular flexibility index (Phi) is 5.91. The van der Waals surface area contributed by atoms with E-state index >= 15 is 8.78 Å². The van der Waals surface area contributed by atoms with Crippen LogP contribution in [-0.4, -0.2) is 0 Å². The molecule has 44 heavy (non-hydrogen) atoms. The molecule has 0 spiro atoms. The summed E-state index contributed by atoms with van der Waals surface area (Å²) in [4.78, 5) is 0. The first-order valence-corrected chi connectivity index (χ1v) is 16.9. The lowest BCUT2D eigenvalue weighted by molar-refractivity contribution is -0.00940. The minimum atomic E-state index is -0.454. The average molecular weight is 597 g/mol. The van der Waals surface area contributed by atoms with Gasteiger partial charge in [-0.25, -0.2) is 8.78 Å².